The normalized spacial score (nSPS) is 15.8. The molecule has 4 aromatic carbocycles. The average Bonchev–Trinajstić information content (AvgIpc) is 3.06. The van der Waals surface area contributed by atoms with Crippen molar-refractivity contribution in [2.45, 2.75) is 12.3 Å². The number of benzene rings is 4. The summed E-state index contributed by atoms with van der Waals surface area (Å²) in [7, 11) is 0. The topological polar surface area (TPSA) is 34.9 Å². The summed E-state index contributed by atoms with van der Waals surface area (Å²) in [6, 6.07) is 33.8. The third-order valence-electron chi connectivity index (χ3n) is 7.18. The number of allylic oxidation sites excluding steroid dienone is 4. The predicted molar refractivity (Wildman–Crippen MR) is 145 cm³/mol. The molecule has 3 heteroatoms. The van der Waals surface area contributed by atoms with E-state index in [1.54, 1.807) is 4.57 Å². The SMILES string of the molecule is O=c1nc2cccccc-2n1C1=CCC(c2ccc3c4ccccc4c4ccccc4c3c2)C=C1. The zero-order chi connectivity index (χ0) is 23.4. The van der Waals surface area contributed by atoms with E-state index in [-0.39, 0.29) is 11.6 Å². The van der Waals surface area contributed by atoms with Crippen molar-refractivity contribution in [2.24, 2.45) is 0 Å². The third-order valence-corrected chi connectivity index (χ3v) is 7.18. The predicted octanol–water partition coefficient (Wildman–Crippen LogP) is 7.39. The minimum atomic E-state index is -0.232. The largest absolute Gasteiger partial charge is 0.353 e. The summed E-state index contributed by atoms with van der Waals surface area (Å²) >= 11 is 0. The van der Waals surface area contributed by atoms with Crippen molar-refractivity contribution in [3.63, 3.8) is 0 Å². The highest BCUT2D eigenvalue weighted by molar-refractivity contribution is 6.25. The van der Waals surface area contributed by atoms with Gasteiger partial charge in [0.15, 0.2) is 0 Å². The molecule has 1 heterocycles. The summed E-state index contributed by atoms with van der Waals surface area (Å²) in [4.78, 5) is 16.9. The minimum absolute atomic E-state index is 0.232. The summed E-state index contributed by atoms with van der Waals surface area (Å²) in [5.41, 5.74) is 3.49. The quantitative estimate of drug-likeness (QED) is 0.258. The highest BCUT2D eigenvalue weighted by atomic mass is 16.1. The molecule has 0 amide bonds. The number of hydrogen-bond acceptors (Lipinski definition) is 2. The lowest BCUT2D eigenvalue weighted by molar-refractivity contribution is 0.846. The Hall–Kier alpha value is -4.50. The maximum absolute atomic E-state index is 12.6. The highest BCUT2D eigenvalue weighted by Crippen LogP contribution is 2.38. The maximum atomic E-state index is 12.6. The van der Waals surface area contributed by atoms with Crippen LogP contribution in [-0.2, 0) is 0 Å². The van der Waals surface area contributed by atoms with Crippen LogP contribution in [0.15, 0.2) is 120 Å². The molecule has 7 rings (SSSR count). The summed E-state index contributed by atoms with van der Waals surface area (Å²) < 4.78 is 1.71. The lowest BCUT2D eigenvalue weighted by atomic mass is 9.87. The van der Waals surface area contributed by atoms with Crippen LogP contribution in [0.4, 0.5) is 0 Å². The molecule has 0 saturated heterocycles. The van der Waals surface area contributed by atoms with Crippen LogP contribution in [-0.4, -0.2) is 9.55 Å². The zero-order valence-corrected chi connectivity index (χ0v) is 19.1. The van der Waals surface area contributed by atoms with Crippen LogP contribution < -0.4 is 5.69 Å². The van der Waals surface area contributed by atoms with Crippen molar-refractivity contribution in [3.8, 4) is 11.4 Å². The minimum Gasteiger partial charge on any atom is -0.259 e. The zero-order valence-electron chi connectivity index (χ0n) is 19.1. The molecule has 0 spiro atoms. The summed E-state index contributed by atoms with van der Waals surface area (Å²) in [6.07, 6.45) is 7.27. The third kappa shape index (κ3) is 3.12. The van der Waals surface area contributed by atoms with Gasteiger partial charge >= 0.3 is 5.69 Å². The van der Waals surface area contributed by atoms with E-state index in [0.717, 1.165) is 17.8 Å². The Balaban J connectivity index is 1.31. The summed E-state index contributed by atoms with van der Waals surface area (Å²) in [5, 5.41) is 7.73. The molecule has 0 saturated carbocycles. The highest BCUT2D eigenvalue weighted by Gasteiger charge is 2.19. The first-order chi connectivity index (χ1) is 17.3. The van der Waals surface area contributed by atoms with Crippen molar-refractivity contribution >= 4 is 38.0 Å². The molecular weight excluding hydrogens is 428 g/mol. The second kappa shape index (κ2) is 7.78. The van der Waals surface area contributed by atoms with Crippen molar-refractivity contribution in [3.05, 3.63) is 131 Å². The lowest BCUT2D eigenvalue weighted by Gasteiger charge is -2.19. The van der Waals surface area contributed by atoms with E-state index < -0.39 is 0 Å². The Morgan fingerprint density at radius 1 is 0.686 bits per heavy atom. The van der Waals surface area contributed by atoms with Crippen molar-refractivity contribution in [1.82, 2.24) is 9.55 Å². The van der Waals surface area contributed by atoms with Gasteiger partial charge in [0.05, 0.1) is 11.4 Å². The second-order valence-corrected chi connectivity index (χ2v) is 9.14. The second-order valence-electron chi connectivity index (χ2n) is 9.14. The number of rotatable bonds is 2. The van der Waals surface area contributed by atoms with Crippen molar-refractivity contribution < 1.29 is 0 Å². The van der Waals surface area contributed by atoms with Crippen molar-refractivity contribution in [1.29, 1.82) is 0 Å². The van der Waals surface area contributed by atoms with Crippen LogP contribution in [0.5, 0.6) is 0 Å². The van der Waals surface area contributed by atoms with Gasteiger partial charge in [0.1, 0.15) is 0 Å². The van der Waals surface area contributed by atoms with Crippen LogP contribution >= 0.6 is 0 Å². The van der Waals surface area contributed by atoms with Gasteiger partial charge in [-0.15, -0.1) is 0 Å². The molecule has 0 radical (unpaired) electrons. The number of aromatic nitrogens is 2. The molecule has 3 aliphatic rings. The van der Waals surface area contributed by atoms with Crippen LogP contribution in [0.3, 0.4) is 0 Å². The van der Waals surface area contributed by atoms with Crippen molar-refractivity contribution in [2.75, 3.05) is 0 Å². The van der Waals surface area contributed by atoms with E-state index in [4.69, 9.17) is 0 Å². The number of hydrogen-bond donors (Lipinski definition) is 0. The van der Waals surface area contributed by atoms with E-state index in [1.807, 2.05) is 30.3 Å². The van der Waals surface area contributed by atoms with Gasteiger partial charge in [-0.1, -0.05) is 91.0 Å². The molecule has 166 valence electrons. The van der Waals surface area contributed by atoms with E-state index in [2.05, 4.69) is 89.9 Å². The van der Waals surface area contributed by atoms with Gasteiger partial charge in [-0.25, -0.2) is 4.79 Å². The Morgan fingerprint density at radius 2 is 1.31 bits per heavy atom. The molecule has 0 bridgehead atoms. The fourth-order valence-electron chi connectivity index (χ4n) is 5.50. The molecule has 0 aromatic heterocycles. The Labute approximate surface area is 202 Å². The summed E-state index contributed by atoms with van der Waals surface area (Å²) in [5.74, 6) is 0.259. The van der Waals surface area contributed by atoms with Crippen LogP contribution in [0.25, 0.3) is 49.4 Å². The van der Waals surface area contributed by atoms with E-state index in [9.17, 15) is 4.79 Å². The fourth-order valence-corrected chi connectivity index (χ4v) is 5.50. The number of nitrogens with zero attached hydrogens (tertiary/aromatic N) is 2. The monoisotopic (exact) mass is 450 g/mol. The molecule has 0 fully saturated rings. The Kier molecular flexibility index (Phi) is 4.43. The molecule has 1 unspecified atom stereocenters. The van der Waals surface area contributed by atoms with E-state index >= 15 is 0 Å². The standard InChI is InChI=1S/C32H22N2O/c35-32-33-30-12-2-1-3-13-31(30)34(32)23-17-14-21(15-18-23)22-16-19-28-26-10-5-4-8-24(26)25-9-6-7-11-27(25)29(28)20-22/h1-14,16-21H,15H2. The van der Waals surface area contributed by atoms with Gasteiger partial charge in [0.2, 0.25) is 0 Å². The van der Waals surface area contributed by atoms with Crippen LogP contribution in [0.2, 0.25) is 0 Å². The molecule has 2 aliphatic carbocycles. The fraction of sp³-hybridized carbons (Fsp3) is 0.0625. The molecule has 4 aromatic rings. The Morgan fingerprint density at radius 3 is 2.00 bits per heavy atom. The van der Waals surface area contributed by atoms with E-state index in [1.165, 1.54) is 37.9 Å². The van der Waals surface area contributed by atoms with Gasteiger partial charge in [0, 0.05) is 11.6 Å². The molecule has 0 N–H and O–H groups in total. The van der Waals surface area contributed by atoms with Gasteiger partial charge in [-0.3, -0.25) is 4.57 Å². The van der Waals surface area contributed by atoms with E-state index in [0.29, 0.717) is 5.69 Å². The molecular formula is C32H22N2O. The maximum Gasteiger partial charge on any atom is 0.353 e. The first-order valence-electron chi connectivity index (χ1n) is 12.0. The smallest absolute Gasteiger partial charge is 0.259 e. The first-order valence-corrected chi connectivity index (χ1v) is 12.0. The van der Waals surface area contributed by atoms with Gasteiger partial charge in [-0.2, -0.15) is 4.98 Å². The van der Waals surface area contributed by atoms with Gasteiger partial charge < -0.3 is 0 Å². The average molecular weight is 451 g/mol. The van der Waals surface area contributed by atoms with Crippen LogP contribution in [0.1, 0.15) is 17.9 Å². The molecule has 35 heavy (non-hydrogen) atoms. The van der Waals surface area contributed by atoms with Gasteiger partial charge in [0.25, 0.3) is 0 Å². The molecule has 1 atom stereocenters. The molecule has 1 aliphatic heterocycles. The van der Waals surface area contributed by atoms with Gasteiger partial charge in [-0.05, 0) is 68.6 Å². The number of imidazole rings is 1. The number of fused-ring (bicyclic) bond motifs is 7. The Bertz CT molecular complexity index is 1820. The lowest BCUT2D eigenvalue weighted by Crippen LogP contribution is -2.16. The van der Waals surface area contributed by atoms with Crippen LogP contribution in [0, 0.1) is 0 Å². The summed E-state index contributed by atoms with van der Waals surface area (Å²) in [6.45, 7) is 0. The molecule has 3 nitrogen and oxygen atoms in total. The first kappa shape index (κ1) is 19.9.